The van der Waals surface area contributed by atoms with E-state index < -0.39 is 0 Å². The van der Waals surface area contributed by atoms with Crippen LogP contribution in [0.25, 0.3) is 0 Å². The van der Waals surface area contributed by atoms with Gasteiger partial charge in [-0.05, 0) is 13.3 Å². The van der Waals surface area contributed by atoms with Crippen molar-refractivity contribution < 1.29 is 0 Å². The van der Waals surface area contributed by atoms with Gasteiger partial charge in [0.1, 0.15) is 0 Å². The summed E-state index contributed by atoms with van der Waals surface area (Å²) in [5.41, 5.74) is 0. The Labute approximate surface area is 114 Å². The van der Waals surface area contributed by atoms with Gasteiger partial charge in [-0.3, -0.25) is 9.98 Å². The number of thioether (sulfide) groups is 1. The first-order chi connectivity index (χ1) is 8.70. The minimum absolute atomic E-state index is 0.624. The Hall–Kier alpha value is -0.910. The zero-order chi connectivity index (χ0) is 13.0. The minimum Gasteiger partial charge on any atom is -0.355 e. The van der Waals surface area contributed by atoms with Crippen molar-refractivity contribution >= 4 is 22.9 Å². The molecule has 102 valence electrons. The van der Waals surface area contributed by atoms with E-state index in [9.17, 15) is 0 Å². The number of aliphatic imine (C=N–C) groups is 2. The molecular formula is C12H23N5S. The van der Waals surface area contributed by atoms with Crippen LogP contribution >= 0.6 is 11.8 Å². The summed E-state index contributed by atoms with van der Waals surface area (Å²) >= 11 is 1.92. The maximum atomic E-state index is 4.60. The summed E-state index contributed by atoms with van der Waals surface area (Å²) in [6.07, 6.45) is 1.16. The third-order valence-corrected chi connectivity index (χ3v) is 4.68. The molecule has 0 bridgehead atoms. The SMILES string of the molecule is CCN(C)C1=NCC(CCN(C)C2=NCCN2)S1. The number of rotatable bonds is 4. The first kappa shape index (κ1) is 13.5. The second-order valence-corrected chi connectivity index (χ2v) is 5.99. The van der Waals surface area contributed by atoms with Crippen LogP contribution < -0.4 is 5.32 Å². The molecule has 0 aliphatic carbocycles. The number of nitrogens with one attached hydrogen (secondary N) is 1. The Morgan fingerprint density at radius 2 is 2.17 bits per heavy atom. The van der Waals surface area contributed by atoms with E-state index >= 15 is 0 Å². The molecule has 2 rings (SSSR count). The average molecular weight is 269 g/mol. The Morgan fingerprint density at radius 1 is 1.33 bits per heavy atom. The Balaban J connectivity index is 1.70. The van der Waals surface area contributed by atoms with Crippen LogP contribution in [-0.2, 0) is 0 Å². The zero-order valence-electron chi connectivity index (χ0n) is 11.5. The van der Waals surface area contributed by atoms with Gasteiger partial charge in [0.15, 0.2) is 11.1 Å². The highest BCUT2D eigenvalue weighted by molar-refractivity contribution is 8.14. The molecule has 1 atom stereocenters. The second kappa shape index (κ2) is 6.31. The molecule has 0 saturated heterocycles. The molecule has 1 N–H and O–H groups in total. The predicted octanol–water partition coefficient (Wildman–Crippen LogP) is 0.691. The maximum Gasteiger partial charge on any atom is 0.193 e. The van der Waals surface area contributed by atoms with Crippen molar-refractivity contribution in [1.82, 2.24) is 15.1 Å². The van der Waals surface area contributed by atoms with Crippen molar-refractivity contribution in [3.05, 3.63) is 0 Å². The summed E-state index contributed by atoms with van der Waals surface area (Å²) < 4.78 is 0. The maximum absolute atomic E-state index is 4.60. The molecule has 2 aliphatic rings. The van der Waals surface area contributed by atoms with Gasteiger partial charge in [-0.2, -0.15) is 0 Å². The lowest BCUT2D eigenvalue weighted by molar-refractivity contribution is 0.473. The second-order valence-electron chi connectivity index (χ2n) is 4.72. The number of guanidine groups is 1. The number of hydrogen-bond acceptors (Lipinski definition) is 6. The summed E-state index contributed by atoms with van der Waals surface area (Å²) in [7, 11) is 4.22. The van der Waals surface area contributed by atoms with Crippen LogP contribution in [0.1, 0.15) is 13.3 Å². The van der Waals surface area contributed by atoms with Crippen molar-refractivity contribution in [2.45, 2.75) is 18.6 Å². The fraction of sp³-hybridized carbons (Fsp3) is 0.833. The standard InChI is InChI=1S/C12H23N5S/c1-4-16(2)12-15-9-10(18-12)5-8-17(3)11-13-6-7-14-11/h10H,4-9H2,1-3H3,(H,13,14). The highest BCUT2D eigenvalue weighted by Gasteiger charge is 2.22. The van der Waals surface area contributed by atoms with Gasteiger partial charge in [-0.1, -0.05) is 11.8 Å². The van der Waals surface area contributed by atoms with Crippen molar-refractivity contribution in [3.63, 3.8) is 0 Å². The molecule has 2 aliphatic heterocycles. The third kappa shape index (κ3) is 3.31. The van der Waals surface area contributed by atoms with Gasteiger partial charge in [-0.25, -0.2) is 0 Å². The first-order valence-corrected chi connectivity index (χ1v) is 7.50. The fourth-order valence-corrected chi connectivity index (χ4v) is 3.11. The van der Waals surface area contributed by atoms with E-state index in [4.69, 9.17) is 0 Å². The lowest BCUT2D eigenvalue weighted by Crippen LogP contribution is -2.37. The molecular weight excluding hydrogens is 246 g/mol. The summed E-state index contributed by atoms with van der Waals surface area (Å²) in [6, 6.07) is 0. The van der Waals surface area contributed by atoms with Gasteiger partial charge in [0.05, 0.1) is 13.1 Å². The van der Waals surface area contributed by atoms with Crippen LogP contribution in [0.15, 0.2) is 9.98 Å². The lowest BCUT2D eigenvalue weighted by Gasteiger charge is -2.21. The Bertz CT molecular complexity index is 341. The molecule has 0 radical (unpaired) electrons. The smallest absolute Gasteiger partial charge is 0.193 e. The van der Waals surface area contributed by atoms with Crippen LogP contribution in [0.5, 0.6) is 0 Å². The molecule has 0 saturated carbocycles. The molecule has 0 aromatic rings. The predicted molar refractivity (Wildman–Crippen MR) is 79.5 cm³/mol. The van der Waals surface area contributed by atoms with E-state index in [1.54, 1.807) is 0 Å². The van der Waals surface area contributed by atoms with Crippen molar-refractivity contribution in [1.29, 1.82) is 0 Å². The minimum atomic E-state index is 0.624. The fourth-order valence-electron chi connectivity index (χ4n) is 1.98. The van der Waals surface area contributed by atoms with Gasteiger partial charge < -0.3 is 15.1 Å². The summed E-state index contributed by atoms with van der Waals surface area (Å²) in [4.78, 5) is 13.5. The summed E-state index contributed by atoms with van der Waals surface area (Å²) in [6.45, 7) is 7.08. The molecule has 0 amide bonds. The molecule has 1 unspecified atom stereocenters. The number of hydrogen-bond donors (Lipinski definition) is 1. The monoisotopic (exact) mass is 269 g/mol. The third-order valence-electron chi connectivity index (χ3n) is 3.31. The van der Waals surface area contributed by atoms with E-state index in [2.05, 4.69) is 46.1 Å². The highest BCUT2D eigenvalue weighted by atomic mass is 32.2. The lowest BCUT2D eigenvalue weighted by atomic mass is 10.3. The molecule has 5 nitrogen and oxygen atoms in total. The largest absolute Gasteiger partial charge is 0.355 e. The highest BCUT2D eigenvalue weighted by Crippen LogP contribution is 2.25. The van der Waals surface area contributed by atoms with Crippen LogP contribution in [0, 0.1) is 0 Å². The van der Waals surface area contributed by atoms with E-state index in [1.807, 2.05) is 11.8 Å². The van der Waals surface area contributed by atoms with Crippen molar-refractivity contribution in [2.24, 2.45) is 9.98 Å². The van der Waals surface area contributed by atoms with Crippen LogP contribution in [0.2, 0.25) is 0 Å². The van der Waals surface area contributed by atoms with Crippen LogP contribution in [-0.4, -0.2) is 73.0 Å². The van der Waals surface area contributed by atoms with E-state index in [0.717, 1.165) is 45.1 Å². The topological polar surface area (TPSA) is 43.2 Å². The van der Waals surface area contributed by atoms with E-state index in [1.165, 1.54) is 5.17 Å². The molecule has 2 heterocycles. The normalized spacial score (nSPS) is 22.5. The van der Waals surface area contributed by atoms with Gasteiger partial charge in [-0.15, -0.1) is 0 Å². The zero-order valence-corrected chi connectivity index (χ0v) is 12.3. The summed E-state index contributed by atoms with van der Waals surface area (Å²) in [5.74, 6) is 1.05. The molecule has 0 aromatic heterocycles. The number of amidine groups is 1. The van der Waals surface area contributed by atoms with Gasteiger partial charge in [0, 0.05) is 39.0 Å². The molecule has 0 fully saturated rings. The molecule has 18 heavy (non-hydrogen) atoms. The molecule has 0 spiro atoms. The Morgan fingerprint density at radius 3 is 2.83 bits per heavy atom. The van der Waals surface area contributed by atoms with Crippen LogP contribution in [0.4, 0.5) is 0 Å². The van der Waals surface area contributed by atoms with Gasteiger partial charge in [0.2, 0.25) is 0 Å². The Kier molecular flexibility index (Phi) is 4.74. The van der Waals surface area contributed by atoms with Gasteiger partial charge in [0.25, 0.3) is 0 Å². The van der Waals surface area contributed by atoms with Gasteiger partial charge >= 0.3 is 0 Å². The van der Waals surface area contributed by atoms with E-state index in [-0.39, 0.29) is 0 Å². The average Bonchev–Trinajstić information content (AvgIpc) is 3.05. The van der Waals surface area contributed by atoms with Crippen molar-refractivity contribution in [2.75, 3.05) is 46.8 Å². The number of nitrogens with zero attached hydrogens (tertiary/aromatic N) is 4. The van der Waals surface area contributed by atoms with E-state index in [0.29, 0.717) is 5.25 Å². The molecule has 0 aromatic carbocycles. The van der Waals surface area contributed by atoms with Crippen LogP contribution in [0.3, 0.4) is 0 Å². The van der Waals surface area contributed by atoms with Crippen molar-refractivity contribution in [3.8, 4) is 0 Å². The first-order valence-electron chi connectivity index (χ1n) is 6.62. The summed E-state index contributed by atoms with van der Waals surface area (Å²) in [5, 5.41) is 5.12. The molecule has 6 heteroatoms. The quantitative estimate of drug-likeness (QED) is 0.815.